The van der Waals surface area contributed by atoms with Gasteiger partial charge in [-0.3, -0.25) is 9.59 Å². The van der Waals surface area contributed by atoms with Crippen LogP contribution in [0.25, 0.3) is 15.7 Å². The number of aryl methyl sites for hydroxylation is 1. The predicted molar refractivity (Wildman–Crippen MR) is 128 cm³/mol. The molecule has 0 radical (unpaired) electrons. The van der Waals surface area contributed by atoms with Crippen molar-refractivity contribution in [1.82, 2.24) is 19.6 Å². The van der Waals surface area contributed by atoms with Gasteiger partial charge in [0, 0.05) is 36.7 Å². The highest BCUT2D eigenvalue weighted by atomic mass is 32.1. The number of carbonyl (C=O) groups is 2. The van der Waals surface area contributed by atoms with E-state index in [4.69, 9.17) is 0 Å². The molecule has 0 bridgehead atoms. The summed E-state index contributed by atoms with van der Waals surface area (Å²) in [7, 11) is 1.66. The number of aromatic nitrogens is 2. The third-order valence-electron chi connectivity index (χ3n) is 6.29. The maximum atomic E-state index is 13.5. The second kappa shape index (κ2) is 8.39. The van der Waals surface area contributed by atoms with Gasteiger partial charge in [0.2, 0.25) is 0 Å². The van der Waals surface area contributed by atoms with Gasteiger partial charge in [-0.15, -0.1) is 11.3 Å². The smallest absolute Gasteiger partial charge is 0.274 e. The lowest BCUT2D eigenvalue weighted by Gasteiger charge is -2.35. The van der Waals surface area contributed by atoms with Crippen LogP contribution in [0.2, 0.25) is 0 Å². The monoisotopic (exact) mass is 446 g/mol. The van der Waals surface area contributed by atoms with Crippen molar-refractivity contribution in [1.29, 1.82) is 0 Å². The summed E-state index contributed by atoms with van der Waals surface area (Å²) in [5, 5.41) is 3.89. The number of amides is 2. The number of piperidine rings is 1. The van der Waals surface area contributed by atoms with Crippen LogP contribution in [-0.2, 0) is 6.42 Å². The third-order valence-corrected chi connectivity index (χ3v) is 7.51. The summed E-state index contributed by atoms with van der Waals surface area (Å²) in [4.78, 5) is 33.4. The Bertz CT molecular complexity index is 1320. The molecule has 6 nitrogen and oxygen atoms in total. The standard InChI is InChI=1S/C25H26N4O2S/c1-16-10-12-28-15-20(27-22(28)13-16)25(31)29-11-6-5-7-17(29)14-19-18-8-3-4-9-21(18)32-23(19)24(30)26-2/h3-4,8-10,12-13,15,17H,5-7,11,14H2,1-2H3,(H,26,30)/t17-/m1/s1. The van der Waals surface area contributed by atoms with Crippen LogP contribution in [0.4, 0.5) is 0 Å². The Morgan fingerprint density at radius 2 is 2.06 bits per heavy atom. The number of likely N-dealkylation sites (tertiary alicyclic amines) is 1. The molecule has 32 heavy (non-hydrogen) atoms. The van der Waals surface area contributed by atoms with Gasteiger partial charge in [-0.05, 0) is 67.3 Å². The van der Waals surface area contributed by atoms with Crippen molar-refractivity contribution in [2.24, 2.45) is 0 Å². The number of pyridine rings is 1. The Labute approximate surface area is 190 Å². The van der Waals surface area contributed by atoms with Gasteiger partial charge >= 0.3 is 0 Å². The molecule has 0 spiro atoms. The van der Waals surface area contributed by atoms with Gasteiger partial charge in [0.15, 0.2) is 0 Å². The number of hydrogen-bond donors (Lipinski definition) is 1. The molecule has 3 aromatic heterocycles. The number of benzene rings is 1. The van der Waals surface area contributed by atoms with Crippen molar-refractivity contribution in [2.45, 2.75) is 38.6 Å². The fourth-order valence-electron chi connectivity index (χ4n) is 4.65. The average Bonchev–Trinajstić information content (AvgIpc) is 3.40. The van der Waals surface area contributed by atoms with Crippen LogP contribution in [-0.4, -0.2) is 45.7 Å². The Hall–Kier alpha value is -3.19. The Morgan fingerprint density at radius 3 is 2.91 bits per heavy atom. The van der Waals surface area contributed by atoms with Crippen molar-refractivity contribution in [3.8, 4) is 0 Å². The Morgan fingerprint density at radius 1 is 1.22 bits per heavy atom. The summed E-state index contributed by atoms with van der Waals surface area (Å²) in [6.07, 6.45) is 7.42. The number of nitrogens with zero attached hydrogens (tertiary/aromatic N) is 3. The highest BCUT2D eigenvalue weighted by Gasteiger charge is 2.31. The number of carbonyl (C=O) groups excluding carboxylic acids is 2. The summed E-state index contributed by atoms with van der Waals surface area (Å²) in [6.45, 7) is 2.74. The molecular formula is C25H26N4O2S. The highest BCUT2D eigenvalue weighted by molar-refractivity contribution is 7.21. The maximum absolute atomic E-state index is 13.5. The molecule has 1 fully saturated rings. The van der Waals surface area contributed by atoms with E-state index in [1.807, 2.05) is 52.9 Å². The molecule has 1 saturated heterocycles. The van der Waals surface area contributed by atoms with E-state index in [-0.39, 0.29) is 17.9 Å². The van der Waals surface area contributed by atoms with E-state index in [2.05, 4.69) is 22.4 Å². The van der Waals surface area contributed by atoms with Gasteiger partial charge in [-0.25, -0.2) is 4.98 Å². The first-order valence-corrected chi connectivity index (χ1v) is 11.9. The number of fused-ring (bicyclic) bond motifs is 2. The van der Waals surface area contributed by atoms with E-state index in [9.17, 15) is 9.59 Å². The zero-order valence-electron chi connectivity index (χ0n) is 18.3. The lowest BCUT2D eigenvalue weighted by Crippen LogP contribution is -2.45. The number of nitrogens with one attached hydrogen (secondary N) is 1. The second-order valence-electron chi connectivity index (χ2n) is 8.43. The van der Waals surface area contributed by atoms with Gasteiger partial charge in [0.25, 0.3) is 11.8 Å². The Kier molecular flexibility index (Phi) is 5.43. The zero-order valence-corrected chi connectivity index (χ0v) is 19.1. The molecular weight excluding hydrogens is 420 g/mol. The molecule has 1 atom stereocenters. The molecule has 0 unspecified atom stereocenters. The van der Waals surface area contributed by atoms with Gasteiger partial charge in [-0.2, -0.15) is 0 Å². The first-order chi connectivity index (χ1) is 15.5. The van der Waals surface area contributed by atoms with Crippen LogP contribution in [0, 0.1) is 6.92 Å². The largest absolute Gasteiger partial charge is 0.354 e. The third kappa shape index (κ3) is 3.66. The van der Waals surface area contributed by atoms with E-state index in [1.54, 1.807) is 7.05 Å². The molecule has 1 N–H and O–H groups in total. The van der Waals surface area contributed by atoms with Crippen LogP contribution in [0.5, 0.6) is 0 Å². The van der Waals surface area contributed by atoms with Crippen LogP contribution in [0.1, 0.15) is 50.5 Å². The predicted octanol–water partition coefficient (Wildman–Crippen LogP) is 4.45. The SMILES string of the molecule is CNC(=O)c1sc2ccccc2c1C[C@H]1CCCCN1C(=O)c1cn2ccc(C)cc2n1. The number of hydrogen-bond acceptors (Lipinski definition) is 4. The lowest BCUT2D eigenvalue weighted by molar-refractivity contribution is 0.0608. The Balaban J connectivity index is 1.49. The maximum Gasteiger partial charge on any atom is 0.274 e. The topological polar surface area (TPSA) is 66.7 Å². The van der Waals surface area contributed by atoms with Crippen molar-refractivity contribution in [3.63, 3.8) is 0 Å². The minimum Gasteiger partial charge on any atom is -0.354 e. The molecule has 164 valence electrons. The van der Waals surface area contributed by atoms with E-state index in [0.717, 1.165) is 51.0 Å². The quantitative estimate of drug-likeness (QED) is 0.504. The van der Waals surface area contributed by atoms with Crippen LogP contribution in [0.15, 0.2) is 48.8 Å². The molecule has 1 aromatic carbocycles. The summed E-state index contributed by atoms with van der Waals surface area (Å²) < 4.78 is 3.00. The van der Waals surface area contributed by atoms with Gasteiger partial charge in [0.1, 0.15) is 11.3 Å². The minimum absolute atomic E-state index is 0.0305. The lowest BCUT2D eigenvalue weighted by atomic mass is 9.93. The van der Waals surface area contributed by atoms with Crippen molar-refractivity contribution in [2.75, 3.05) is 13.6 Å². The fourth-order valence-corrected chi connectivity index (χ4v) is 5.83. The highest BCUT2D eigenvalue weighted by Crippen LogP contribution is 2.34. The average molecular weight is 447 g/mol. The van der Waals surface area contributed by atoms with Crippen molar-refractivity contribution >= 4 is 38.9 Å². The summed E-state index contributed by atoms with van der Waals surface area (Å²) in [5.41, 5.74) is 3.42. The summed E-state index contributed by atoms with van der Waals surface area (Å²) in [5.74, 6) is -0.0947. The second-order valence-corrected chi connectivity index (χ2v) is 9.49. The summed E-state index contributed by atoms with van der Waals surface area (Å²) >= 11 is 1.52. The molecule has 4 aromatic rings. The van der Waals surface area contributed by atoms with E-state index < -0.39 is 0 Å². The first kappa shape index (κ1) is 20.7. The molecule has 0 aliphatic carbocycles. The number of rotatable bonds is 4. The molecule has 1 aliphatic rings. The van der Waals surface area contributed by atoms with Gasteiger partial charge in [0.05, 0.1) is 4.88 Å². The van der Waals surface area contributed by atoms with Crippen molar-refractivity contribution in [3.05, 3.63) is 70.5 Å². The number of imidazole rings is 1. The van der Waals surface area contributed by atoms with Crippen LogP contribution < -0.4 is 5.32 Å². The van der Waals surface area contributed by atoms with E-state index in [1.165, 1.54) is 11.3 Å². The van der Waals surface area contributed by atoms with Gasteiger partial charge < -0.3 is 14.6 Å². The van der Waals surface area contributed by atoms with Crippen LogP contribution in [0.3, 0.4) is 0 Å². The minimum atomic E-state index is -0.0643. The molecule has 7 heteroatoms. The zero-order chi connectivity index (χ0) is 22.2. The molecule has 1 aliphatic heterocycles. The molecule has 2 amide bonds. The summed E-state index contributed by atoms with van der Waals surface area (Å²) in [6, 6.07) is 12.2. The molecule has 0 saturated carbocycles. The first-order valence-electron chi connectivity index (χ1n) is 11.0. The molecule has 5 rings (SSSR count). The van der Waals surface area contributed by atoms with Crippen molar-refractivity contribution < 1.29 is 9.59 Å². The molecule has 4 heterocycles. The number of thiophene rings is 1. The van der Waals surface area contributed by atoms with Crippen LogP contribution >= 0.6 is 11.3 Å². The fraction of sp³-hybridized carbons (Fsp3) is 0.320. The van der Waals surface area contributed by atoms with E-state index in [0.29, 0.717) is 18.7 Å². The van der Waals surface area contributed by atoms with E-state index >= 15 is 0 Å². The van der Waals surface area contributed by atoms with Gasteiger partial charge in [-0.1, -0.05) is 18.2 Å². The normalized spacial score (nSPS) is 16.6.